The molecule has 1 heterocycles. The molecule has 2 N–H and O–H groups in total. The van der Waals surface area contributed by atoms with Crippen LogP contribution < -0.4 is 5.73 Å². The maximum absolute atomic E-state index is 5.46. The first kappa shape index (κ1) is 14.2. The van der Waals surface area contributed by atoms with Crippen LogP contribution in [0.4, 0.5) is 0 Å². The molecule has 1 aromatic carbocycles. The van der Waals surface area contributed by atoms with Crippen molar-refractivity contribution in [3.8, 4) is 11.4 Å². The number of aryl methyl sites for hydroxylation is 2. The third kappa shape index (κ3) is 3.88. The van der Waals surface area contributed by atoms with Gasteiger partial charge in [0.2, 0.25) is 11.7 Å². The summed E-state index contributed by atoms with van der Waals surface area (Å²) in [7, 11) is 0. The summed E-state index contributed by atoms with van der Waals surface area (Å²) >= 11 is 3.51. The Hall–Kier alpha value is -1.20. The van der Waals surface area contributed by atoms with Crippen molar-refractivity contribution in [3.63, 3.8) is 0 Å². The predicted octanol–water partition coefficient (Wildman–Crippen LogP) is 3.48. The lowest BCUT2D eigenvalue weighted by Crippen LogP contribution is -1.98. The second-order valence-electron chi connectivity index (χ2n) is 4.58. The fourth-order valence-electron chi connectivity index (χ4n) is 1.80. The lowest BCUT2D eigenvalue weighted by Gasteiger charge is -1.99. The van der Waals surface area contributed by atoms with Gasteiger partial charge in [0.15, 0.2) is 0 Å². The lowest BCUT2D eigenvalue weighted by molar-refractivity contribution is 0.374. The van der Waals surface area contributed by atoms with Crippen LogP contribution in [0, 0.1) is 6.92 Å². The molecule has 4 nitrogen and oxygen atoms in total. The van der Waals surface area contributed by atoms with Crippen molar-refractivity contribution < 1.29 is 4.52 Å². The normalized spacial score (nSPS) is 10.9. The van der Waals surface area contributed by atoms with Crippen molar-refractivity contribution in [2.24, 2.45) is 5.73 Å². The van der Waals surface area contributed by atoms with Gasteiger partial charge in [-0.05, 0) is 37.9 Å². The standard InChI is InChI=1S/C14H18BrN3O/c1-10-6-7-11(9-12(10)15)14-17-13(19-18-14)5-3-2-4-8-16/h6-7,9H,2-5,8,16H2,1H3. The minimum Gasteiger partial charge on any atom is -0.339 e. The van der Waals surface area contributed by atoms with E-state index < -0.39 is 0 Å². The Morgan fingerprint density at radius 2 is 2.11 bits per heavy atom. The molecule has 2 rings (SSSR count). The van der Waals surface area contributed by atoms with E-state index in [4.69, 9.17) is 10.3 Å². The zero-order valence-corrected chi connectivity index (χ0v) is 12.6. The number of aromatic nitrogens is 2. The number of nitrogens with zero attached hydrogens (tertiary/aromatic N) is 2. The van der Waals surface area contributed by atoms with Crippen LogP contribution in [0.25, 0.3) is 11.4 Å². The molecule has 0 fully saturated rings. The predicted molar refractivity (Wildman–Crippen MR) is 78.8 cm³/mol. The average molecular weight is 324 g/mol. The molecule has 0 saturated carbocycles. The maximum atomic E-state index is 5.46. The Labute approximate surface area is 121 Å². The Kier molecular flexibility index (Phi) is 5.10. The molecular weight excluding hydrogens is 306 g/mol. The number of unbranched alkanes of at least 4 members (excludes halogenated alkanes) is 2. The molecule has 0 aliphatic heterocycles. The molecule has 5 heteroatoms. The van der Waals surface area contributed by atoms with Crippen LogP contribution in [0.3, 0.4) is 0 Å². The Morgan fingerprint density at radius 1 is 1.26 bits per heavy atom. The summed E-state index contributed by atoms with van der Waals surface area (Å²) in [4.78, 5) is 4.42. The molecule has 0 saturated heterocycles. The smallest absolute Gasteiger partial charge is 0.226 e. The van der Waals surface area contributed by atoms with Crippen molar-refractivity contribution in [1.82, 2.24) is 10.1 Å². The topological polar surface area (TPSA) is 64.9 Å². The number of nitrogens with two attached hydrogens (primary N) is 1. The van der Waals surface area contributed by atoms with Crippen LogP contribution in [0.15, 0.2) is 27.2 Å². The van der Waals surface area contributed by atoms with E-state index in [1.807, 2.05) is 25.1 Å². The summed E-state index contributed by atoms with van der Waals surface area (Å²) in [6, 6.07) is 6.05. The van der Waals surface area contributed by atoms with Gasteiger partial charge in [-0.1, -0.05) is 39.6 Å². The number of halogens is 1. The minimum atomic E-state index is 0.648. The van der Waals surface area contributed by atoms with Gasteiger partial charge in [-0.25, -0.2) is 0 Å². The number of benzene rings is 1. The number of hydrogen-bond acceptors (Lipinski definition) is 4. The molecule has 0 unspecified atom stereocenters. The van der Waals surface area contributed by atoms with E-state index in [1.54, 1.807) is 0 Å². The first-order chi connectivity index (χ1) is 9.20. The molecular formula is C14H18BrN3O. The van der Waals surface area contributed by atoms with Crippen LogP contribution in [0.2, 0.25) is 0 Å². The van der Waals surface area contributed by atoms with Crippen molar-refractivity contribution >= 4 is 15.9 Å². The fourth-order valence-corrected chi connectivity index (χ4v) is 2.18. The molecule has 0 spiro atoms. The Bertz CT molecular complexity index is 539. The highest BCUT2D eigenvalue weighted by Crippen LogP contribution is 2.23. The third-order valence-corrected chi connectivity index (χ3v) is 3.85. The zero-order chi connectivity index (χ0) is 13.7. The van der Waals surface area contributed by atoms with Gasteiger partial charge in [-0.3, -0.25) is 0 Å². The van der Waals surface area contributed by atoms with Crippen LogP contribution in [-0.4, -0.2) is 16.7 Å². The second-order valence-corrected chi connectivity index (χ2v) is 5.43. The zero-order valence-electron chi connectivity index (χ0n) is 11.0. The van der Waals surface area contributed by atoms with E-state index in [0.717, 1.165) is 42.3 Å². The van der Waals surface area contributed by atoms with Gasteiger partial charge in [0, 0.05) is 16.5 Å². The summed E-state index contributed by atoms with van der Waals surface area (Å²) < 4.78 is 6.32. The largest absolute Gasteiger partial charge is 0.339 e. The summed E-state index contributed by atoms with van der Waals surface area (Å²) in [6.45, 7) is 2.79. The average Bonchev–Trinajstić information content (AvgIpc) is 2.87. The fraction of sp³-hybridized carbons (Fsp3) is 0.429. The molecule has 0 amide bonds. The van der Waals surface area contributed by atoms with Crippen LogP contribution in [0.1, 0.15) is 30.7 Å². The highest BCUT2D eigenvalue weighted by Gasteiger charge is 2.09. The first-order valence-electron chi connectivity index (χ1n) is 6.50. The van der Waals surface area contributed by atoms with E-state index in [2.05, 4.69) is 26.1 Å². The van der Waals surface area contributed by atoms with Crippen molar-refractivity contribution in [3.05, 3.63) is 34.1 Å². The third-order valence-electron chi connectivity index (χ3n) is 2.99. The minimum absolute atomic E-state index is 0.648. The van der Waals surface area contributed by atoms with Gasteiger partial charge in [0.25, 0.3) is 0 Å². The first-order valence-corrected chi connectivity index (χ1v) is 7.29. The quantitative estimate of drug-likeness (QED) is 0.826. The highest BCUT2D eigenvalue weighted by atomic mass is 79.9. The molecule has 0 bridgehead atoms. The van der Waals surface area contributed by atoms with Gasteiger partial charge in [-0.15, -0.1) is 0 Å². The second kappa shape index (κ2) is 6.82. The van der Waals surface area contributed by atoms with Gasteiger partial charge in [0.1, 0.15) is 0 Å². The summed E-state index contributed by atoms with van der Waals surface area (Å²) in [5, 5.41) is 4.02. The maximum Gasteiger partial charge on any atom is 0.226 e. The van der Waals surface area contributed by atoms with Crippen molar-refractivity contribution in [2.45, 2.75) is 32.6 Å². The summed E-state index contributed by atoms with van der Waals surface area (Å²) in [5.41, 5.74) is 7.61. The molecule has 0 atom stereocenters. The monoisotopic (exact) mass is 323 g/mol. The number of hydrogen-bond donors (Lipinski definition) is 1. The highest BCUT2D eigenvalue weighted by molar-refractivity contribution is 9.10. The molecule has 19 heavy (non-hydrogen) atoms. The SMILES string of the molecule is Cc1ccc(-c2noc(CCCCCN)n2)cc1Br. The van der Waals surface area contributed by atoms with E-state index in [1.165, 1.54) is 5.56 Å². The van der Waals surface area contributed by atoms with E-state index in [-0.39, 0.29) is 0 Å². The van der Waals surface area contributed by atoms with E-state index >= 15 is 0 Å². The van der Waals surface area contributed by atoms with Crippen molar-refractivity contribution in [1.29, 1.82) is 0 Å². The molecule has 0 aliphatic carbocycles. The van der Waals surface area contributed by atoms with Crippen LogP contribution in [-0.2, 0) is 6.42 Å². The molecule has 102 valence electrons. The molecule has 2 aromatic rings. The molecule has 0 aliphatic rings. The lowest BCUT2D eigenvalue weighted by atomic mass is 10.1. The van der Waals surface area contributed by atoms with Gasteiger partial charge in [-0.2, -0.15) is 4.98 Å². The molecule has 0 radical (unpaired) electrons. The molecule has 1 aromatic heterocycles. The van der Waals surface area contributed by atoms with Crippen molar-refractivity contribution in [2.75, 3.05) is 6.54 Å². The van der Waals surface area contributed by atoms with Gasteiger partial charge >= 0.3 is 0 Å². The van der Waals surface area contributed by atoms with E-state index in [9.17, 15) is 0 Å². The van der Waals surface area contributed by atoms with Crippen LogP contribution >= 0.6 is 15.9 Å². The van der Waals surface area contributed by atoms with E-state index in [0.29, 0.717) is 11.7 Å². The van der Waals surface area contributed by atoms with Crippen LogP contribution in [0.5, 0.6) is 0 Å². The van der Waals surface area contributed by atoms with Gasteiger partial charge in [0.05, 0.1) is 0 Å². The number of rotatable bonds is 6. The Morgan fingerprint density at radius 3 is 2.84 bits per heavy atom. The van der Waals surface area contributed by atoms with Gasteiger partial charge < -0.3 is 10.3 Å². The summed E-state index contributed by atoms with van der Waals surface area (Å²) in [5.74, 6) is 1.35. The Balaban J connectivity index is 2.01. The summed E-state index contributed by atoms with van der Waals surface area (Å²) in [6.07, 6.45) is 4.01.